The predicted octanol–water partition coefficient (Wildman–Crippen LogP) is -0.864. The molecule has 54 valence electrons. The van der Waals surface area contributed by atoms with Gasteiger partial charge in [-0.2, -0.15) is 0 Å². The maximum Gasteiger partial charge on any atom is 0.248 e. The van der Waals surface area contributed by atoms with E-state index in [1.54, 1.807) is 0 Å². The summed E-state index contributed by atoms with van der Waals surface area (Å²) in [7, 11) is 1.53. The van der Waals surface area contributed by atoms with E-state index in [2.05, 4.69) is 10.6 Å². The van der Waals surface area contributed by atoms with Crippen molar-refractivity contribution < 1.29 is 9.59 Å². The number of hydrogen-bond acceptors (Lipinski definition) is 2. The maximum absolute atomic E-state index is 10.8. The standard InChI is InChI=1S/C6H8N2O2/c1-7-6(10)4-2-5(9)8-3-4/h3H,2H2,1H3,(H,7,10)(H,8,9). The van der Waals surface area contributed by atoms with Gasteiger partial charge in [-0.15, -0.1) is 0 Å². The quantitative estimate of drug-likeness (QED) is 0.497. The van der Waals surface area contributed by atoms with E-state index in [9.17, 15) is 9.59 Å². The predicted molar refractivity (Wildman–Crippen MR) is 34.9 cm³/mol. The van der Waals surface area contributed by atoms with Crippen LogP contribution < -0.4 is 10.6 Å². The first-order valence-electron chi connectivity index (χ1n) is 2.94. The number of amides is 2. The van der Waals surface area contributed by atoms with Crippen molar-refractivity contribution in [3.8, 4) is 0 Å². The third-order valence-corrected chi connectivity index (χ3v) is 1.28. The van der Waals surface area contributed by atoms with Crippen LogP contribution in [0.1, 0.15) is 6.42 Å². The minimum atomic E-state index is -0.196. The molecule has 2 amide bonds. The highest BCUT2D eigenvalue weighted by Crippen LogP contribution is 2.05. The Labute approximate surface area is 58.3 Å². The van der Waals surface area contributed by atoms with Crippen LogP contribution in [0.5, 0.6) is 0 Å². The van der Waals surface area contributed by atoms with Gasteiger partial charge in [-0.3, -0.25) is 9.59 Å². The van der Waals surface area contributed by atoms with E-state index in [1.165, 1.54) is 13.2 Å². The minimum Gasteiger partial charge on any atom is -0.355 e. The highest BCUT2D eigenvalue weighted by atomic mass is 16.2. The Bertz CT molecular complexity index is 208. The van der Waals surface area contributed by atoms with Gasteiger partial charge in [0.25, 0.3) is 0 Å². The zero-order valence-electron chi connectivity index (χ0n) is 5.60. The molecular formula is C6H8N2O2. The fourth-order valence-electron chi connectivity index (χ4n) is 0.749. The van der Waals surface area contributed by atoms with Gasteiger partial charge in [0.2, 0.25) is 11.8 Å². The monoisotopic (exact) mass is 140 g/mol. The summed E-state index contributed by atoms with van der Waals surface area (Å²) in [5.74, 6) is -0.322. The molecule has 1 aliphatic rings. The van der Waals surface area contributed by atoms with Crippen LogP contribution in [0, 0.1) is 0 Å². The fraction of sp³-hybridized carbons (Fsp3) is 0.333. The van der Waals surface area contributed by atoms with E-state index in [0.717, 1.165) is 0 Å². The molecule has 0 saturated carbocycles. The number of carbonyl (C=O) groups excluding carboxylic acids is 2. The van der Waals surface area contributed by atoms with Crippen LogP contribution in [0.2, 0.25) is 0 Å². The molecular weight excluding hydrogens is 132 g/mol. The van der Waals surface area contributed by atoms with Gasteiger partial charge in [0.05, 0.1) is 6.42 Å². The molecule has 0 radical (unpaired) electrons. The fourth-order valence-corrected chi connectivity index (χ4v) is 0.749. The summed E-state index contributed by atoms with van der Waals surface area (Å²) in [4.78, 5) is 21.3. The third kappa shape index (κ3) is 1.15. The Balaban J connectivity index is 2.59. The van der Waals surface area contributed by atoms with Crippen LogP contribution in [0.25, 0.3) is 0 Å². The van der Waals surface area contributed by atoms with Gasteiger partial charge in [-0.25, -0.2) is 0 Å². The van der Waals surface area contributed by atoms with Crippen molar-refractivity contribution in [2.75, 3.05) is 7.05 Å². The second kappa shape index (κ2) is 2.51. The van der Waals surface area contributed by atoms with Gasteiger partial charge in [-0.05, 0) is 0 Å². The van der Waals surface area contributed by atoms with Crippen molar-refractivity contribution in [1.29, 1.82) is 0 Å². The summed E-state index contributed by atoms with van der Waals surface area (Å²) in [6.07, 6.45) is 1.63. The van der Waals surface area contributed by atoms with Crippen LogP contribution in [-0.2, 0) is 9.59 Å². The zero-order valence-corrected chi connectivity index (χ0v) is 5.60. The molecule has 0 bridgehead atoms. The highest BCUT2D eigenvalue weighted by molar-refractivity contribution is 6.01. The lowest BCUT2D eigenvalue weighted by Gasteiger charge is -1.94. The summed E-state index contributed by atoms with van der Waals surface area (Å²) < 4.78 is 0. The third-order valence-electron chi connectivity index (χ3n) is 1.28. The van der Waals surface area contributed by atoms with Crippen molar-refractivity contribution in [3.63, 3.8) is 0 Å². The van der Waals surface area contributed by atoms with Crippen molar-refractivity contribution in [2.45, 2.75) is 6.42 Å². The minimum absolute atomic E-state index is 0.126. The van der Waals surface area contributed by atoms with Crippen molar-refractivity contribution in [2.24, 2.45) is 0 Å². The molecule has 1 aliphatic heterocycles. The Kier molecular flexibility index (Phi) is 1.71. The SMILES string of the molecule is CNC(=O)C1=CNC(=O)C1. The van der Waals surface area contributed by atoms with Crippen molar-refractivity contribution in [1.82, 2.24) is 10.6 Å². The van der Waals surface area contributed by atoms with Gasteiger partial charge in [0.1, 0.15) is 0 Å². The lowest BCUT2D eigenvalue weighted by Crippen LogP contribution is -2.19. The van der Waals surface area contributed by atoms with E-state index < -0.39 is 0 Å². The van der Waals surface area contributed by atoms with Crippen LogP contribution in [0.15, 0.2) is 11.8 Å². The van der Waals surface area contributed by atoms with Crippen LogP contribution >= 0.6 is 0 Å². The molecule has 4 nitrogen and oxygen atoms in total. The lowest BCUT2D eigenvalue weighted by molar-refractivity contribution is -0.121. The Morgan fingerprint density at radius 3 is 2.90 bits per heavy atom. The number of hydrogen-bond donors (Lipinski definition) is 2. The largest absolute Gasteiger partial charge is 0.355 e. The number of rotatable bonds is 1. The summed E-state index contributed by atoms with van der Waals surface area (Å²) in [6, 6.07) is 0. The molecule has 0 atom stereocenters. The van der Waals surface area contributed by atoms with Gasteiger partial charge in [0.15, 0.2) is 0 Å². The molecule has 2 N–H and O–H groups in total. The van der Waals surface area contributed by atoms with Gasteiger partial charge in [0, 0.05) is 18.8 Å². The maximum atomic E-state index is 10.8. The van der Waals surface area contributed by atoms with Gasteiger partial charge >= 0.3 is 0 Å². The van der Waals surface area contributed by atoms with Crippen molar-refractivity contribution in [3.05, 3.63) is 11.8 Å². The molecule has 0 aliphatic carbocycles. The van der Waals surface area contributed by atoms with E-state index in [4.69, 9.17) is 0 Å². The Morgan fingerprint density at radius 1 is 1.80 bits per heavy atom. The number of nitrogens with one attached hydrogen (secondary N) is 2. The number of likely N-dealkylation sites (N-methyl/N-ethyl adjacent to an activating group) is 1. The van der Waals surface area contributed by atoms with Crippen LogP contribution in [0.3, 0.4) is 0 Å². The average molecular weight is 140 g/mol. The first-order chi connectivity index (χ1) is 4.74. The van der Waals surface area contributed by atoms with E-state index >= 15 is 0 Å². The zero-order chi connectivity index (χ0) is 7.56. The molecule has 0 unspecified atom stereocenters. The second-order valence-electron chi connectivity index (χ2n) is 1.99. The summed E-state index contributed by atoms with van der Waals surface area (Å²) in [5.41, 5.74) is 0.493. The molecule has 1 heterocycles. The molecule has 0 aromatic carbocycles. The first kappa shape index (κ1) is 6.80. The highest BCUT2D eigenvalue weighted by Gasteiger charge is 2.17. The average Bonchev–Trinajstić information content (AvgIpc) is 2.34. The van der Waals surface area contributed by atoms with Gasteiger partial charge in [-0.1, -0.05) is 0 Å². The molecule has 10 heavy (non-hydrogen) atoms. The normalized spacial score (nSPS) is 16.1. The van der Waals surface area contributed by atoms with E-state index in [0.29, 0.717) is 5.57 Å². The van der Waals surface area contributed by atoms with E-state index in [-0.39, 0.29) is 18.2 Å². The first-order valence-corrected chi connectivity index (χ1v) is 2.94. The van der Waals surface area contributed by atoms with Crippen molar-refractivity contribution >= 4 is 11.8 Å². The Hall–Kier alpha value is -1.32. The second-order valence-corrected chi connectivity index (χ2v) is 1.99. The molecule has 0 aromatic rings. The molecule has 1 rings (SSSR count). The van der Waals surface area contributed by atoms with E-state index in [1.807, 2.05) is 0 Å². The molecule has 0 fully saturated rings. The molecule has 4 heteroatoms. The smallest absolute Gasteiger partial charge is 0.248 e. The summed E-state index contributed by atoms with van der Waals surface area (Å²) >= 11 is 0. The summed E-state index contributed by atoms with van der Waals surface area (Å²) in [5, 5.41) is 4.85. The molecule has 0 aromatic heterocycles. The molecule has 0 spiro atoms. The van der Waals surface area contributed by atoms with Crippen LogP contribution in [-0.4, -0.2) is 18.9 Å². The summed E-state index contributed by atoms with van der Waals surface area (Å²) in [6.45, 7) is 0. The molecule has 0 saturated heterocycles. The topological polar surface area (TPSA) is 58.2 Å². The van der Waals surface area contributed by atoms with Crippen LogP contribution in [0.4, 0.5) is 0 Å². The lowest BCUT2D eigenvalue weighted by atomic mass is 10.2. The number of carbonyl (C=O) groups is 2. The van der Waals surface area contributed by atoms with Gasteiger partial charge < -0.3 is 10.6 Å². The Morgan fingerprint density at radius 2 is 2.50 bits per heavy atom.